The summed E-state index contributed by atoms with van der Waals surface area (Å²) in [5.74, 6) is 0.953. The first-order valence-electron chi connectivity index (χ1n) is 9.36. The van der Waals surface area contributed by atoms with Crippen molar-refractivity contribution in [1.29, 1.82) is 0 Å². The summed E-state index contributed by atoms with van der Waals surface area (Å²) in [6, 6.07) is 6.39. The van der Waals surface area contributed by atoms with Crippen LogP contribution in [0.3, 0.4) is 0 Å². The lowest BCUT2D eigenvalue weighted by Crippen LogP contribution is -2.44. The monoisotopic (exact) mass is 391 g/mol. The zero-order chi connectivity index (χ0) is 19.1. The molecule has 1 saturated heterocycles. The Morgan fingerprint density at radius 3 is 2.61 bits per heavy atom. The number of nitrogens with two attached hydrogens (primary N) is 1. The average Bonchev–Trinajstić information content (AvgIpc) is 3.34. The highest BCUT2D eigenvalue weighted by molar-refractivity contribution is 7.18. The number of hydrogen-bond acceptors (Lipinski definition) is 8. The van der Waals surface area contributed by atoms with Crippen LogP contribution in [0.4, 0.5) is 10.9 Å². The number of nitrogen functional groups attached to an aromatic ring is 1. The Hall–Kier alpha value is -2.84. The molecule has 0 saturated carbocycles. The van der Waals surface area contributed by atoms with E-state index in [0.717, 1.165) is 60.3 Å². The summed E-state index contributed by atoms with van der Waals surface area (Å²) in [4.78, 5) is 14.1. The molecule has 0 unspecified atom stereocenters. The number of nitrogens with zero attached hydrogens (tertiary/aromatic N) is 6. The number of benzene rings is 1. The highest BCUT2D eigenvalue weighted by Gasteiger charge is 2.20. The summed E-state index contributed by atoms with van der Waals surface area (Å²) in [6.45, 7) is 4.09. The molecule has 1 fully saturated rings. The molecule has 1 aliphatic carbocycles. The van der Waals surface area contributed by atoms with Crippen LogP contribution in [0, 0.1) is 0 Å². The van der Waals surface area contributed by atoms with Gasteiger partial charge in [0.2, 0.25) is 5.13 Å². The van der Waals surface area contributed by atoms with Gasteiger partial charge in [0, 0.05) is 37.3 Å². The zero-order valence-electron chi connectivity index (χ0n) is 15.7. The van der Waals surface area contributed by atoms with Crippen LogP contribution >= 0.6 is 11.3 Å². The summed E-state index contributed by atoms with van der Waals surface area (Å²) in [7, 11) is 2.15. The fraction of sp³-hybridized carbons (Fsp3) is 0.300. The highest BCUT2D eigenvalue weighted by atomic mass is 32.1. The molecule has 0 radical (unpaired) electrons. The molecule has 8 heteroatoms. The maximum Gasteiger partial charge on any atom is 0.203 e. The quantitative estimate of drug-likeness (QED) is 0.733. The van der Waals surface area contributed by atoms with Crippen LogP contribution in [0.1, 0.15) is 16.8 Å². The van der Waals surface area contributed by atoms with E-state index in [-0.39, 0.29) is 0 Å². The Labute approximate surface area is 167 Å². The smallest absolute Gasteiger partial charge is 0.203 e. The minimum atomic E-state index is 0.483. The van der Waals surface area contributed by atoms with Gasteiger partial charge in [0.25, 0.3) is 0 Å². The first-order valence-corrected chi connectivity index (χ1v) is 10.2. The summed E-state index contributed by atoms with van der Waals surface area (Å²) in [6.07, 6.45) is 6.92. The first kappa shape index (κ1) is 17.3. The van der Waals surface area contributed by atoms with Gasteiger partial charge in [0.05, 0.1) is 18.1 Å². The third kappa shape index (κ3) is 3.14. The van der Waals surface area contributed by atoms with Crippen molar-refractivity contribution in [3.8, 4) is 10.6 Å². The van der Waals surface area contributed by atoms with Crippen molar-refractivity contribution in [3.05, 3.63) is 53.5 Å². The molecular weight excluding hydrogens is 370 g/mol. The highest BCUT2D eigenvalue weighted by Crippen LogP contribution is 2.35. The standard InChI is InChI=1S/C20H21N7S/c1-26-6-8-27(9-7-26)18-12-22-17(11-23-18)15-5-4-13-2-3-14(10-16(13)15)19-24-25-20(21)28-19/h2-3,5,10-12H,4,6-9H2,1H3,(H2,21,25). The summed E-state index contributed by atoms with van der Waals surface area (Å²) < 4.78 is 0. The van der Waals surface area contributed by atoms with Crippen LogP contribution in [-0.2, 0) is 6.42 Å². The molecule has 1 aromatic carbocycles. The van der Waals surface area contributed by atoms with Gasteiger partial charge in [-0.3, -0.25) is 4.98 Å². The Bertz CT molecular complexity index is 1030. The fourth-order valence-electron chi connectivity index (χ4n) is 3.71. The van der Waals surface area contributed by atoms with Crippen LogP contribution < -0.4 is 10.6 Å². The molecule has 3 aromatic rings. The molecule has 0 bridgehead atoms. The second kappa shape index (κ2) is 6.96. The van der Waals surface area contributed by atoms with Crippen molar-refractivity contribution in [2.45, 2.75) is 6.42 Å². The predicted octanol–water partition coefficient (Wildman–Crippen LogP) is 2.32. The number of fused-ring (bicyclic) bond motifs is 1. The van der Waals surface area contributed by atoms with Gasteiger partial charge in [0.15, 0.2) is 0 Å². The molecule has 142 valence electrons. The molecule has 3 heterocycles. The van der Waals surface area contributed by atoms with Gasteiger partial charge in [-0.05, 0) is 30.7 Å². The van der Waals surface area contributed by atoms with Gasteiger partial charge < -0.3 is 15.5 Å². The van der Waals surface area contributed by atoms with Crippen molar-refractivity contribution in [2.24, 2.45) is 0 Å². The summed E-state index contributed by atoms with van der Waals surface area (Å²) >= 11 is 1.40. The fourth-order valence-corrected chi connectivity index (χ4v) is 4.32. The largest absolute Gasteiger partial charge is 0.374 e. The SMILES string of the molecule is CN1CCN(c2cnc(C3=CCc4ccc(-c5nnc(N)s5)cc43)cn2)CC1. The van der Waals surface area contributed by atoms with E-state index >= 15 is 0 Å². The lowest BCUT2D eigenvalue weighted by molar-refractivity contribution is 0.312. The second-order valence-corrected chi connectivity index (χ2v) is 8.20. The summed E-state index contributed by atoms with van der Waals surface area (Å²) in [5.41, 5.74) is 11.3. The third-order valence-electron chi connectivity index (χ3n) is 5.36. The van der Waals surface area contributed by atoms with Gasteiger partial charge in [-0.2, -0.15) is 0 Å². The number of hydrogen-bond donors (Lipinski definition) is 1. The van der Waals surface area contributed by atoms with E-state index < -0.39 is 0 Å². The van der Waals surface area contributed by atoms with Crippen molar-refractivity contribution < 1.29 is 0 Å². The van der Waals surface area contributed by atoms with Crippen molar-refractivity contribution in [3.63, 3.8) is 0 Å². The topological polar surface area (TPSA) is 84.1 Å². The lowest BCUT2D eigenvalue weighted by Gasteiger charge is -2.32. The number of piperazine rings is 1. The van der Waals surface area contributed by atoms with Gasteiger partial charge in [-0.15, -0.1) is 10.2 Å². The minimum absolute atomic E-state index is 0.483. The number of allylic oxidation sites excluding steroid dienone is 1. The Kier molecular flexibility index (Phi) is 4.29. The number of likely N-dealkylation sites (N-methyl/N-ethyl adjacent to an activating group) is 1. The molecule has 5 rings (SSSR count). The molecule has 2 aliphatic rings. The van der Waals surface area contributed by atoms with E-state index in [9.17, 15) is 0 Å². The average molecular weight is 392 g/mol. The van der Waals surface area contributed by atoms with E-state index in [1.54, 1.807) is 0 Å². The number of rotatable bonds is 3. The molecule has 7 nitrogen and oxygen atoms in total. The third-order valence-corrected chi connectivity index (χ3v) is 6.16. The molecule has 0 spiro atoms. The number of anilines is 2. The Balaban J connectivity index is 1.41. The Morgan fingerprint density at radius 1 is 1.04 bits per heavy atom. The van der Waals surface area contributed by atoms with E-state index in [1.165, 1.54) is 22.5 Å². The van der Waals surface area contributed by atoms with Crippen molar-refractivity contribution in [1.82, 2.24) is 25.1 Å². The molecule has 28 heavy (non-hydrogen) atoms. The van der Waals surface area contributed by atoms with Gasteiger partial charge in [-0.25, -0.2) is 4.98 Å². The van der Waals surface area contributed by atoms with Gasteiger partial charge >= 0.3 is 0 Å². The Morgan fingerprint density at radius 2 is 1.89 bits per heavy atom. The normalized spacial score (nSPS) is 16.9. The molecule has 2 aromatic heterocycles. The van der Waals surface area contributed by atoms with Crippen LogP contribution in [0.5, 0.6) is 0 Å². The van der Waals surface area contributed by atoms with Crippen molar-refractivity contribution in [2.75, 3.05) is 43.9 Å². The second-order valence-electron chi connectivity index (χ2n) is 7.19. The predicted molar refractivity (Wildman–Crippen MR) is 112 cm³/mol. The first-order chi connectivity index (χ1) is 13.7. The van der Waals surface area contributed by atoms with Gasteiger partial charge in [-0.1, -0.05) is 29.5 Å². The van der Waals surface area contributed by atoms with Crippen LogP contribution in [-0.4, -0.2) is 58.3 Å². The van der Waals surface area contributed by atoms with Crippen LogP contribution in [0.2, 0.25) is 0 Å². The maximum absolute atomic E-state index is 5.74. The van der Waals surface area contributed by atoms with E-state index in [4.69, 9.17) is 15.7 Å². The maximum atomic E-state index is 5.74. The zero-order valence-corrected chi connectivity index (χ0v) is 16.5. The molecule has 1 aliphatic heterocycles. The van der Waals surface area contributed by atoms with Gasteiger partial charge in [0.1, 0.15) is 10.8 Å². The number of aromatic nitrogens is 4. The summed E-state index contributed by atoms with van der Waals surface area (Å²) in [5, 5.41) is 9.41. The van der Waals surface area contributed by atoms with E-state index in [2.05, 4.69) is 51.3 Å². The molecule has 2 N–H and O–H groups in total. The lowest BCUT2D eigenvalue weighted by atomic mass is 10.0. The minimum Gasteiger partial charge on any atom is -0.374 e. The van der Waals surface area contributed by atoms with Crippen molar-refractivity contribution >= 4 is 27.9 Å². The molecule has 0 amide bonds. The molecule has 0 atom stereocenters. The van der Waals surface area contributed by atoms with E-state index in [1.807, 2.05) is 12.4 Å². The van der Waals surface area contributed by atoms with Crippen LogP contribution in [0.25, 0.3) is 16.1 Å². The van der Waals surface area contributed by atoms with Crippen LogP contribution in [0.15, 0.2) is 36.7 Å². The molecular formula is C20H21N7S. The van der Waals surface area contributed by atoms with E-state index in [0.29, 0.717) is 5.13 Å².